The molecule has 2 aromatic rings. The first-order chi connectivity index (χ1) is 12.6. The molecule has 2 unspecified atom stereocenters. The van der Waals surface area contributed by atoms with Gasteiger partial charge in [-0.25, -0.2) is 13.9 Å². The molecule has 27 heavy (non-hydrogen) atoms. The van der Waals surface area contributed by atoms with Crippen molar-refractivity contribution in [2.24, 2.45) is 0 Å². The van der Waals surface area contributed by atoms with Crippen LogP contribution in [0.1, 0.15) is 18.9 Å². The second-order valence-electron chi connectivity index (χ2n) is 6.59. The Hall–Kier alpha value is -1.57. The van der Waals surface area contributed by atoms with Crippen molar-refractivity contribution in [3.05, 3.63) is 59.9 Å². The van der Waals surface area contributed by atoms with Crippen LogP contribution in [-0.4, -0.2) is 40.3 Å². The van der Waals surface area contributed by atoms with Crippen LogP contribution in [0.5, 0.6) is 5.75 Å². The number of para-hydroxylation sites is 1. The number of ether oxygens (including phenoxy) is 1. The number of anilines is 1. The van der Waals surface area contributed by atoms with Crippen molar-refractivity contribution in [2.45, 2.75) is 25.1 Å². The van der Waals surface area contributed by atoms with E-state index in [9.17, 15) is 9.50 Å². The van der Waals surface area contributed by atoms with Gasteiger partial charge in [0.1, 0.15) is 17.3 Å². The molecular weight excluding hydrogens is 431 g/mol. The highest BCUT2D eigenvalue weighted by Gasteiger charge is 2.60. The SMILES string of the molecule is COc1ccc(C2(O)C(C)N(c3ccccc3)C3=[N+]2CCCS3)c(F)c1.[Br-]. The molecule has 0 aromatic heterocycles. The largest absolute Gasteiger partial charge is 1.00 e. The summed E-state index contributed by atoms with van der Waals surface area (Å²) in [5, 5.41) is 12.8. The third-order valence-electron chi connectivity index (χ3n) is 5.18. The average Bonchev–Trinajstić information content (AvgIpc) is 2.90. The van der Waals surface area contributed by atoms with Gasteiger partial charge in [0.05, 0.1) is 19.2 Å². The van der Waals surface area contributed by atoms with Gasteiger partial charge in [0.15, 0.2) is 6.04 Å². The molecule has 2 aromatic carbocycles. The molecular formula is C20H22BrFN2O2S. The summed E-state index contributed by atoms with van der Waals surface area (Å²) in [6.07, 6.45) is 0.948. The predicted molar refractivity (Wildman–Crippen MR) is 102 cm³/mol. The number of hydrogen-bond donors (Lipinski definition) is 1. The number of methoxy groups -OCH3 is 1. The van der Waals surface area contributed by atoms with Gasteiger partial charge in [0.2, 0.25) is 0 Å². The molecule has 144 valence electrons. The Morgan fingerprint density at radius 3 is 2.67 bits per heavy atom. The molecule has 7 heteroatoms. The minimum Gasteiger partial charge on any atom is -1.00 e. The highest BCUT2D eigenvalue weighted by molar-refractivity contribution is 8.14. The lowest BCUT2D eigenvalue weighted by Gasteiger charge is -2.29. The highest BCUT2D eigenvalue weighted by atomic mass is 79.9. The fourth-order valence-electron chi connectivity index (χ4n) is 3.86. The van der Waals surface area contributed by atoms with Crippen LogP contribution in [0.3, 0.4) is 0 Å². The average molecular weight is 453 g/mol. The first-order valence-electron chi connectivity index (χ1n) is 8.75. The summed E-state index contributed by atoms with van der Waals surface area (Å²) in [6, 6.07) is 14.3. The van der Waals surface area contributed by atoms with Gasteiger partial charge in [0.25, 0.3) is 5.72 Å². The zero-order valence-corrected chi connectivity index (χ0v) is 17.6. The molecule has 2 aliphatic rings. The van der Waals surface area contributed by atoms with Crippen LogP contribution in [0.25, 0.3) is 0 Å². The molecule has 0 aliphatic carbocycles. The molecule has 0 saturated carbocycles. The minimum absolute atomic E-state index is 0. The Kier molecular flexibility index (Phi) is 5.84. The van der Waals surface area contributed by atoms with Crippen LogP contribution in [0, 0.1) is 5.82 Å². The minimum atomic E-state index is -1.44. The van der Waals surface area contributed by atoms with Gasteiger partial charge in [0, 0.05) is 11.8 Å². The van der Waals surface area contributed by atoms with Crippen LogP contribution in [0.2, 0.25) is 0 Å². The fraction of sp³-hybridized carbons (Fsp3) is 0.350. The summed E-state index contributed by atoms with van der Waals surface area (Å²) in [5.41, 5.74) is -0.155. The number of benzene rings is 2. The van der Waals surface area contributed by atoms with Crippen molar-refractivity contribution in [3.63, 3.8) is 0 Å². The van der Waals surface area contributed by atoms with E-state index in [1.807, 2.05) is 41.8 Å². The van der Waals surface area contributed by atoms with Crippen molar-refractivity contribution >= 4 is 22.6 Å². The highest BCUT2D eigenvalue weighted by Crippen LogP contribution is 2.43. The molecule has 2 atom stereocenters. The summed E-state index contributed by atoms with van der Waals surface area (Å²) in [7, 11) is 1.51. The van der Waals surface area contributed by atoms with E-state index in [1.165, 1.54) is 13.2 Å². The first kappa shape index (κ1) is 20.2. The number of thioether (sulfide) groups is 1. The van der Waals surface area contributed by atoms with Crippen LogP contribution in [0.15, 0.2) is 48.5 Å². The van der Waals surface area contributed by atoms with Crippen LogP contribution in [-0.2, 0) is 5.72 Å². The Bertz CT molecular complexity index is 864. The maximum atomic E-state index is 14.9. The molecule has 0 bridgehead atoms. The van der Waals surface area contributed by atoms with E-state index in [4.69, 9.17) is 4.74 Å². The lowest BCUT2D eigenvalue weighted by Crippen LogP contribution is -3.00. The quantitative estimate of drug-likeness (QED) is 0.683. The van der Waals surface area contributed by atoms with Gasteiger partial charge in [-0.05, 0) is 49.4 Å². The van der Waals surface area contributed by atoms with E-state index in [2.05, 4.69) is 4.90 Å². The fourth-order valence-corrected chi connectivity index (χ4v) is 5.11. The van der Waals surface area contributed by atoms with Gasteiger partial charge >= 0.3 is 5.17 Å². The zero-order chi connectivity index (χ0) is 18.3. The first-order valence-corrected chi connectivity index (χ1v) is 9.74. The lowest BCUT2D eigenvalue weighted by atomic mass is 9.94. The second-order valence-corrected chi connectivity index (χ2v) is 7.65. The summed E-state index contributed by atoms with van der Waals surface area (Å²) >= 11 is 1.71. The lowest BCUT2D eigenvalue weighted by molar-refractivity contribution is -0.662. The van der Waals surface area contributed by atoms with Crippen LogP contribution in [0.4, 0.5) is 10.1 Å². The normalized spacial score (nSPS) is 24.4. The second kappa shape index (κ2) is 7.81. The van der Waals surface area contributed by atoms with E-state index in [0.29, 0.717) is 12.3 Å². The van der Waals surface area contributed by atoms with E-state index in [1.54, 1.807) is 23.9 Å². The van der Waals surface area contributed by atoms with Crippen molar-refractivity contribution in [2.75, 3.05) is 24.3 Å². The monoisotopic (exact) mass is 452 g/mol. The third kappa shape index (κ3) is 3.15. The summed E-state index contributed by atoms with van der Waals surface area (Å²) in [5.74, 6) is 0.976. The number of amidine groups is 1. The van der Waals surface area contributed by atoms with Gasteiger partial charge in [-0.15, -0.1) is 0 Å². The molecule has 0 fully saturated rings. The van der Waals surface area contributed by atoms with Crippen molar-refractivity contribution < 1.29 is 35.8 Å². The Balaban J connectivity index is 0.00000210. The molecule has 0 amide bonds. The van der Waals surface area contributed by atoms with Crippen molar-refractivity contribution in [3.8, 4) is 5.75 Å². The van der Waals surface area contributed by atoms with E-state index < -0.39 is 11.5 Å². The smallest absolute Gasteiger partial charge is 0.316 e. The molecule has 0 saturated heterocycles. The van der Waals surface area contributed by atoms with Crippen molar-refractivity contribution in [1.29, 1.82) is 0 Å². The molecule has 2 heterocycles. The van der Waals surface area contributed by atoms with Crippen molar-refractivity contribution in [1.82, 2.24) is 0 Å². The number of rotatable bonds is 3. The van der Waals surface area contributed by atoms with E-state index >= 15 is 0 Å². The van der Waals surface area contributed by atoms with Gasteiger partial charge in [-0.1, -0.05) is 18.2 Å². The van der Waals surface area contributed by atoms with E-state index in [-0.39, 0.29) is 28.6 Å². The predicted octanol–water partition coefficient (Wildman–Crippen LogP) is 0.397. The molecule has 0 radical (unpaired) electrons. The summed E-state index contributed by atoms with van der Waals surface area (Å²) in [6.45, 7) is 2.64. The van der Waals surface area contributed by atoms with Crippen LogP contribution < -0.4 is 26.6 Å². The molecule has 4 nitrogen and oxygen atoms in total. The van der Waals surface area contributed by atoms with Gasteiger partial charge in [-0.3, -0.25) is 0 Å². The molecule has 2 aliphatic heterocycles. The number of hydrogen-bond acceptors (Lipinski definition) is 4. The zero-order valence-electron chi connectivity index (χ0n) is 15.2. The molecule has 4 rings (SSSR count). The Morgan fingerprint density at radius 1 is 1.26 bits per heavy atom. The summed E-state index contributed by atoms with van der Waals surface area (Å²) < 4.78 is 22.0. The van der Waals surface area contributed by atoms with Gasteiger partial charge < -0.3 is 26.8 Å². The number of aliphatic hydroxyl groups is 1. The summed E-state index contributed by atoms with van der Waals surface area (Å²) in [4.78, 5) is 2.12. The molecule has 0 spiro atoms. The maximum Gasteiger partial charge on any atom is 0.316 e. The maximum absolute atomic E-state index is 14.9. The molecule has 1 N–H and O–H groups in total. The third-order valence-corrected chi connectivity index (χ3v) is 6.35. The standard InChI is InChI=1S/C20H22FN2O2S.BrH/c1-14-20(24,17-10-9-16(25-2)13-18(17)21)22-11-6-12-26-19(22)23(14)15-7-4-3-5-8-15;/h3-5,7-10,13-14,24H,6,11-12H2,1-2H3;1H/q+1;/p-1. The topological polar surface area (TPSA) is 35.7 Å². The van der Waals surface area contributed by atoms with Gasteiger partial charge in [-0.2, -0.15) is 0 Å². The Labute approximate surface area is 173 Å². The number of nitrogens with zero attached hydrogens (tertiary/aromatic N) is 2. The van der Waals surface area contributed by atoms with E-state index in [0.717, 1.165) is 23.0 Å². The van der Waals surface area contributed by atoms with Crippen LogP contribution >= 0.6 is 11.8 Å². The Morgan fingerprint density at radius 2 is 2.00 bits per heavy atom. The number of halogens is 2.